The van der Waals surface area contributed by atoms with E-state index in [1.165, 1.54) is 25.3 Å². The second kappa shape index (κ2) is 8.31. The zero-order valence-electron chi connectivity index (χ0n) is 12.9. The third-order valence-electron chi connectivity index (χ3n) is 3.23. The van der Waals surface area contributed by atoms with Gasteiger partial charge in [0.15, 0.2) is 0 Å². The number of methoxy groups -OCH3 is 1. The fourth-order valence-electron chi connectivity index (χ4n) is 1.95. The first kappa shape index (κ1) is 17.7. The standard InChI is InChI=1S/C17H16ClFN2O3/c1-24-17(23)14-8-13(6-7-15(14)18)20-10-16(22)21-9-11-2-4-12(19)5-3-11/h2-8,20H,9-10H2,1H3,(H,21,22). The number of benzene rings is 2. The number of halogens is 2. The van der Waals surface area contributed by atoms with Crippen molar-refractivity contribution in [2.24, 2.45) is 0 Å². The lowest BCUT2D eigenvalue weighted by molar-refractivity contribution is -0.119. The summed E-state index contributed by atoms with van der Waals surface area (Å²) >= 11 is 5.93. The maximum atomic E-state index is 12.8. The van der Waals surface area contributed by atoms with Crippen LogP contribution in [0.2, 0.25) is 5.02 Å². The Morgan fingerprint density at radius 1 is 1.17 bits per heavy atom. The van der Waals surface area contributed by atoms with Crippen molar-refractivity contribution in [3.05, 3.63) is 64.4 Å². The van der Waals surface area contributed by atoms with Gasteiger partial charge in [-0.2, -0.15) is 0 Å². The summed E-state index contributed by atoms with van der Waals surface area (Å²) in [6.45, 7) is 0.318. The summed E-state index contributed by atoms with van der Waals surface area (Å²) in [5.41, 5.74) is 1.58. The van der Waals surface area contributed by atoms with Crippen LogP contribution in [0.3, 0.4) is 0 Å². The molecular formula is C17H16ClFN2O3. The lowest BCUT2D eigenvalue weighted by Gasteiger charge is -2.10. The molecule has 0 heterocycles. The summed E-state index contributed by atoms with van der Waals surface area (Å²) in [5.74, 6) is -1.12. The molecule has 0 unspecified atom stereocenters. The Balaban J connectivity index is 1.87. The predicted molar refractivity (Wildman–Crippen MR) is 89.5 cm³/mol. The van der Waals surface area contributed by atoms with Crippen molar-refractivity contribution in [2.75, 3.05) is 19.0 Å². The van der Waals surface area contributed by atoms with E-state index in [1.807, 2.05) is 0 Å². The minimum Gasteiger partial charge on any atom is -0.465 e. The Labute approximate surface area is 143 Å². The molecule has 0 spiro atoms. The first-order chi connectivity index (χ1) is 11.5. The fourth-order valence-corrected chi connectivity index (χ4v) is 2.14. The monoisotopic (exact) mass is 350 g/mol. The van der Waals surface area contributed by atoms with E-state index in [-0.39, 0.29) is 28.9 Å². The second-order valence-electron chi connectivity index (χ2n) is 4.94. The molecule has 0 bridgehead atoms. The lowest BCUT2D eigenvalue weighted by atomic mass is 10.2. The van der Waals surface area contributed by atoms with Gasteiger partial charge in [-0.15, -0.1) is 0 Å². The SMILES string of the molecule is COC(=O)c1cc(NCC(=O)NCc2ccc(F)cc2)ccc1Cl. The van der Waals surface area contributed by atoms with Gasteiger partial charge in [-0.1, -0.05) is 23.7 Å². The number of anilines is 1. The van der Waals surface area contributed by atoms with Gasteiger partial charge in [0.1, 0.15) is 5.82 Å². The van der Waals surface area contributed by atoms with E-state index in [4.69, 9.17) is 11.6 Å². The van der Waals surface area contributed by atoms with E-state index in [1.54, 1.807) is 24.3 Å². The molecule has 7 heteroatoms. The van der Waals surface area contributed by atoms with Gasteiger partial charge < -0.3 is 15.4 Å². The summed E-state index contributed by atoms with van der Waals surface area (Å²) in [5, 5.41) is 5.88. The first-order valence-electron chi connectivity index (χ1n) is 7.12. The van der Waals surface area contributed by atoms with E-state index in [9.17, 15) is 14.0 Å². The molecule has 1 amide bonds. The molecule has 0 atom stereocenters. The van der Waals surface area contributed by atoms with Crippen molar-refractivity contribution in [3.8, 4) is 0 Å². The van der Waals surface area contributed by atoms with Crippen LogP contribution >= 0.6 is 11.6 Å². The molecule has 2 aromatic carbocycles. The van der Waals surface area contributed by atoms with Crippen molar-refractivity contribution >= 4 is 29.2 Å². The molecule has 0 saturated heterocycles. The largest absolute Gasteiger partial charge is 0.465 e. The number of carbonyl (C=O) groups is 2. The predicted octanol–water partition coefficient (Wildman–Crippen LogP) is 2.99. The maximum absolute atomic E-state index is 12.8. The number of rotatable bonds is 6. The van der Waals surface area contributed by atoms with E-state index >= 15 is 0 Å². The van der Waals surface area contributed by atoms with Crippen LogP contribution in [0.15, 0.2) is 42.5 Å². The topological polar surface area (TPSA) is 67.4 Å². The van der Waals surface area contributed by atoms with Gasteiger partial charge in [-0.25, -0.2) is 9.18 Å². The highest BCUT2D eigenvalue weighted by Gasteiger charge is 2.11. The average molecular weight is 351 g/mol. The quantitative estimate of drug-likeness (QED) is 0.786. The summed E-state index contributed by atoms with van der Waals surface area (Å²) < 4.78 is 17.4. The molecule has 126 valence electrons. The van der Waals surface area contributed by atoms with E-state index in [2.05, 4.69) is 15.4 Å². The highest BCUT2D eigenvalue weighted by Crippen LogP contribution is 2.21. The molecule has 24 heavy (non-hydrogen) atoms. The van der Waals surface area contributed by atoms with Crippen LogP contribution in [-0.2, 0) is 16.1 Å². The average Bonchev–Trinajstić information content (AvgIpc) is 2.59. The number of nitrogens with one attached hydrogen (secondary N) is 2. The summed E-state index contributed by atoms with van der Waals surface area (Å²) in [6, 6.07) is 10.6. The lowest BCUT2D eigenvalue weighted by Crippen LogP contribution is -2.29. The van der Waals surface area contributed by atoms with Gasteiger partial charge >= 0.3 is 5.97 Å². The van der Waals surface area contributed by atoms with Gasteiger partial charge in [0.05, 0.1) is 24.2 Å². The zero-order chi connectivity index (χ0) is 17.5. The van der Waals surface area contributed by atoms with E-state index < -0.39 is 5.97 Å². The molecule has 5 nitrogen and oxygen atoms in total. The molecule has 0 fully saturated rings. The van der Waals surface area contributed by atoms with Crippen LogP contribution < -0.4 is 10.6 Å². The highest BCUT2D eigenvalue weighted by atomic mass is 35.5. The molecule has 2 rings (SSSR count). The Morgan fingerprint density at radius 2 is 1.88 bits per heavy atom. The van der Waals surface area contributed by atoms with Crippen LogP contribution in [0.25, 0.3) is 0 Å². The third kappa shape index (κ3) is 4.96. The molecule has 2 aromatic rings. The molecule has 2 N–H and O–H groups in total. The first-order valence-corrected chi connectivity index (χ1v) is 7.50. The van der Waals surface area contributed by atoms with Crippen molar-refractivity contribution < 1.29 is 18.7 Å². The molecule has 0 radical (unpaired) electrons. The second-order valence-corrected chi connectivity index (χ2v) is 5.35. The Morgan fingerprint density at radius 3 is 2.54 bits per heavy atom. The van der Waals surface area contributed by atoms with Crippen LogP contribution in [0.5, 0.6) is 0 Å². The van der Waals surface area contributed by atoms with E-state index in [0.717, 1.165) is 5.56 Å². The van der Waals surface area contributed by atoms with Crippen LogP contribution in [0.1, 0.15) is 15.9 Å². The number of hydrogen-bond donors (Lipinski definition) is 2. The van der Waals surface area contributed by atoms with Crippen molar-refractivity contribution in [1.29, 1.82) is 0 Å². The van der Waals surface area contributed by atoms with E-state index in [0.29, 0.717) is 12.2 Å². The summed E-state index contributed by atoms with van der Waals surface area (Å²) in [4.78, 5) is 23.4. The van der Waals surface area contributed by atoms with Crippen LogP contribution in [-0.4, -0.2) is 25.5 Å². The Kier molecular flexibility index (Phi) is 6.14. The molecule has 0 aliphatic carbocycles. The molecule has 0 aliphatic heterocycles. The highest BCUT2D eigenvalue weighted by molar-refractivity contribution is 6.33. The van der Waals surface area contributed by atoms with Crippen LogP contribution in [0, 0.1) is 5.82 Å². The van der Waals surface area contributed by atoms with Gasteiger partial charge in [-0.3, -0.25) is 4.79 Å². The van der Waals surface area contributed by atoms with Gasteiger partial charge in [0, 0.05) is 12.2 Å². The number of carbonyl (C=O) groups excluding carboxylic acids is 2. The smallest absolute Gasteiger partial charge is 0.339 e. The zero-order valence-corrected chi connectivity index (χ0v) is 13.7. The maximum Gasteiger partial charge on any atom is 0.339 e. The number of esters is 1. The minimum atomic E-state index is -0.551. The Hall–Kier alpha value is -2.60. The summed E-state index contributed by atoms with van der Waals surface area (Å²) in [6.07, 6.45) is 0. The van der Waals surface area contributed by atoms with Crippen molar-refractivity contribution in [3.63, 3.8) is 0 Å². The number of hydrogen-bond acceptors (Lipinski definition) is 4. The van der Waals surface area contributed by atoms with Gasteiger partial charge in [0.2, 0.25) is 5.91 Å². The van der Waals surface area contributed by atoms with Crippen molar-refractivity contribution in [1.82, 2.24) is 5.32 Å². The summed E-state index contributed by atoms with van der Waals surface area (Å²) in [7, 11) is 1.27. The number of ether oxygens (including phenoxy) is 1. The normalized spacial score (nSPS) is 10.1. The third-order valence-corrected chi connectivity index (χ3v) is 3.56. The Bertz CT molecular complexity index is 735. The van der Waals surface area contributed by atoms with Crippen LogP contribution in [0.4, 0.5) is 10.1 Å². The van der Waals surface area contributed by atoms with Crippen molar-refractivity contribution in [2.45, 2.75) is 6.54 Å². The molecule has 0 aromatic heterocycles. The number of amides is 1. The molecule has 0 aliphatic rings. The van der Waals surface area contributed by atoms with Gasteiger partial charge in [-0.05, 0) is 35.9 Å². The fraction of sp³-hybridized carbons (Fsp3) is 0.176. The minimum absolute atomic E-state index is 0.0173. The molecule has 0 saturated carbocycles. The van der Waals surface area contributed by atoms with Gasteiger partial charge in [0.25, 0.3) is 0 Å². The molecular weight excluding hydrogens is 335 g/mol.